The lowest BCUT2D eigenvalue weighted by Crippen LogP contribution is -2.08. The van der Waals surface area contributed by atoms with Gasteiger partial charge in [0.1, 0.15) is 29.3 Å². The fourth-order valence-corrected chi connectivity index (χ4v) is 2.59. The average Bonchev–Trinajstić information content (AvgIpc) is 2.98. The van der Waals surface area contributed by atoms with Crippen LogP contribution in [0.4, 0.5) is 0 Å². The molecule has 0 saturated carbocycles. The molecule has 0 atom stereocenters. The maximum atomic E-state index is 12.4. The summed E-state index contributed by atoms with van der Waals surface area (Å²) < 4.78 is 21.9. The molecule has 6 heteroatoms. The van der Waals surface area contributed by atoms with Gasteiger partial charge in [-0.2, -0.15) is 0 Å². The van der Waals surface area contributed by atoms with Gasteiger partial charge in [0.15, 0.2) is 5.76 Å². The number of hydrogen-bond donors (Lipinski definition) is 0. The Labute approximate surface area is 150 Å². The molecule has 5 nitrogen and oxygen atoms in total. The summed E-state index contributed by atoms with van der Waals surface area (Å²) in [5.74, 6) is 1.20. The molecule has 1 heterocycles. The average molecular weight is 361 g/mol. The van der Waals surface area contributed by atoms with Crippen LogP contribution in [0, 0.1) is 0 Å². The second-order valence-electron chi connectivity index (χ2n) is 5.23. The summed E-state index contributed by atoms with van der Waals surface area (Å²) in [4.78, 5) is 12.4. The Balaban J connectivity index is 1.96. The highest BCUT2D eigenvalue weighted by Gasteiger charge is 2.23. The summed E-state index contributed by atoms with van der Waals surface area (Å²) in [6, 6.07) is 12.2. The minimum atomic E-state index is -0.454. The van der Waals surface area contributed by atoms with Crippen LogP contribution < -0.4 is 9.47 Å². The highest BCUT2D eigenvalue weighted by atomic mass is 35.5. The summed E-state index contributed by atoms with van der Waals surface area (Å²) in [6.07, 6.45) is 0. The highest BCUT2D eigenvalue weighted by molar-refractivity contribution is 6.30. The Kier molecular flexibility index (Phi) is 5.14. The number of carbonyl (C=O) groups is 1. The molecular weight excluding hydrogens is 344 g/mol. The molecule has 0 N–H and O–H groups in total. The minimum Gasteiger partial charge on any atom is -0.497 e. The quantitative estimate of drug-likeness (QED) is 0.588. The zero-order valence-electron chi connectivity index (χ0n) is 13.9. The number of fused-ring (bicyclic) bond motifs is 1. The van der Waals surface area contributed by atoms with E-state index >= 15 is 0 Å². The van der Waals surface area contributed by atoms with Gasteiger partial charge in [0.2, 0.25) is 0 Å². The number of halogens is 1. The predicted molar refractivity (Wildman–Crippen MR) is 94.5 cm³/mol. The third-order valence-electron chi connectivity index (χ3n) is 3.63. The molecule has 0 unspecified atom stereocenters. The number of carbonyl (C=O) groups excluding carboxylic acids is 1. The highest BCUT2D eigenvalue weighted by Crippen LogP contribution is 2.31. The number of ether oxygens (including phenoxy) is 3. The largest absolute Gasteiger partial charge is 0.497 e. The molecule has 25 heavy (non-hydrogen) atoms. The zero-order chi connectivity index (χ0) is 17.8. The molecule has 0 radical (unpaired) electrons. The van der Waals surface area contributed by atoms with E-state index in [4.69, 9.17) is 30.2 Å². The first-order valence-corrected chi connectivity index (χ1v) is 8.15. The third-order valence-corrected chi connectivity index (χ3v) is 3.88. The van der Waals surface area contributed by atoms with Gasteiger partial charge >= 0.3 is 5.97 Å². The van der Waals surface area contributed by atoms with Gasteiger partial charge in [-0.3, -0.25) is 0 Å². The van der Waals surface area contributed by atoms with Crippen molar-refractivity contribution in [1.82, 2.24) is 0 Å². The lowest BCUT2D eigenvalue weighted by atomic mass is 10.1. The van der Waals surface area contributed by atoms with Crippen molar-refractivity contribution in [3.05, 3.63) is 58.8 Å². The smallest absolute Gasteiger partial charge is 0.342 e. The number of rotatable bonds is 6. The van der Waals surface area contributed by atoms with Crippen molar-refractivity contribution in [3.63, 3.8) is 0 Å². The maximum absolute atomic E-state index is 12.4. The van der Waals surface area contributed by atoms with Gasteiger partial charge in [-0.15, -0.1) is 0 Å². The van der Waals surface area contributed by atoms with Crippen LogP contribution in [0.2, 0.25) is 5.02 Å². The number of benzene rings is 2. The summed E-state index contributed by atoms with van der Waals surface area (Å²) >= 11 is 5.87. The van der Waals surface area contributed by atoms with Crippen LogP contribution in [0.5, 0.6) is 11.5 Å². The summed E-state index contributed by atoms with van der Waals surface area (Å²) in [5, 5.41) is 1.25. The van der Waals surface area contributed by atoms with Gasteiger partial charge in [0.05, 0.1) is 13.7 Å². The van der Waals surface area contributed by atoms with Crippen LogP contribution in [0.1, 0.15) is 23.0 Å². The molecule has 0 aliphatic heterocycles. The molecule has 0 amide bonds. The molecule has 0 fully saturated rings. The summed E-state index contributed by atoms with van der Waals surface area (Å²) in [5.41, 5.74) is 0.920. The zero-order valence-corrected chi connectivity index (χ0v) is 14.6. The fourth-order valence-electron chi connectivity index (χ4n) is 2.46. The molecular formula is C19H17ClO5. The van der Waals surface area contributed by atoms with Crippen molar-refractivity contribution in [3.8, 4) is 11.5 Å². The Morgan fingerprint density at radius 2 is 1.84 bits per heavy atom. The maximum Gasteiger partial charge on any atom is 0.342 e. The Morgan fingerprint density at radius 1 is 1.12 bits per heavy atom. The van der Waals surface area contributed by atoms with Crippen molar-refractivity contribution in [2.45, 2.75) is 13.5 Å². The van der Waals surface area contributed by atoms with Gasteiger partial charge in [-0.25, -0.2) is 4.79 Å². The van der Waals surface area contributed by atoms with Crippen LogP contribution in [0.25, 0.3) is 11.0 Å². The molecule has 0 saturated heterocycles. The van der Waals surface area contributed by atoms with Gasteiger partial charge < -0.3 is 18.6 Å². The number of furan rings is 1. The predicted octanol–water partition coefficient (Wildman–Crippen LogP) is 4.85. The minimum absolute atomic E-state index is 0.0901. The van der Waals surface area contributed by atoms with Crippen LogP contribution in [-0.4, -0.2) is 19.7 Å². The Hall–Kier alpha value is -2.66. The standard InChI is InChI=1S/C19H17ClO5/c1-3-23-19(21)18-15-10-14(22-2)8-9-16(15)25-17(18)11-24-13-6-4-12(20)5-7-13/h4-10H,3,11H2,1-2H3. The normalized spacial score (nSPS) is 10.7. The number of methoxy groups -OCH3 is 1. The van der Waals surface area contributed by atoms with E-state index in [-0.39, 0.29) is 13.2 Å². The van der Waals surface area contributed by atoms with E-state index in [0.29, 0.717) is 38.8 Å². The first-order chi connectivity index (χ1) is 12.1. The Morgan fingerprint density at radius 3 is 2.52 bits per heavy atom. The molecule has 0 aliphatic carbocycles. The van der Waals surface area contributed by atoms with Gasteiger partial charge in [0.25, 0.3) is 0 Å². The molecule has 0 spiro atoms. The molecule has 3 rings (SSSR count). The van der Waals surface area contributed by atoms with E-state index < -0.39 is 5.97 Å². The fraction of sp³-hybridized carbons (Fsp3) is 0.211. The SMILES string of the molecule is CCOC(=O)c1c(COc2ccc(Cl)cc2)oc2ccc(OC)cc12. The van der Waals surface area contributed by atoms with E-state index in [0.717, 1.165) is 0 Å². The van der Waals surface area contributed by atoms with Crippen LogP contribution in [-0.2, 0) is 11.3 Å². The van der Waals surface area contributed by atoms with Gasteiger partial charge in [-0.05, 0) is 49.4 Å². The Bertz CT molecular complexity index is 883. The van der Waals surface area contributed by atoms with E-state index in [9.17, 15) is 4.79 Å². The van der Waals surface area contributed by atoms with Crippen molar-refractivity contribution in [1.29, 1.82) is 0 Å². The van der Waals surface area contributed by atoms with E-state index in [2.05, 4.69) is 0 Å². The van der Waals surface area contributed by atoms with E-state index in [1.807, 2.05) is 0 Å². The van der Waals surface area contributed by atoms with Crippen LogP contribution in [0.3, 0.4) is 0 Å². The molecule has 1 aromatic heterocycles. The molecule has 0 aliphatic rings. The van der Waals surface area contributed by atoms with Crippen molar-refractivity contribution in [2.75, 3.05) is 13.7 Å². The summed E-state index contributed by atoms with van der Waals surface area (Å²) in [6.45, 7) is 2.12. The van der Waals surface area contributed by atoms with Crippen LogP contribution >= 0.6 is 11.6 Å². The monoisotopic (exact) mass is 360 g/mol. The first kappa shape index (κ1) is 17.2. The lowest BCUT2D eigenvalue weighted by molar-refractivity contribution is 0.0523. The van der Waals surface area contributed by atoms with Gasteiger partial charge in [-0.1, -0.05) is 11.6 Å². The summed E-state index contributed by atoms with van der Waals surface area (Å²) in [7, 11) is 1.57. The van der Waals surface area contributed by atoms with Gasteiger partial charge in [0, 0.05) is 10.4 Å². The molecule has 2 aromatic carbocycles. The second-order valence-corrected chi connectivity index (χ2v) is 5.66. The molecule has 130 valence electrons. The van der Waals surface area contributed by atoms with E-state index in [1.54, 1.807) is 56.5 Å². The molecule has 0 bridgehead atoms. The first-order valence-electron chi connectivity index (χ1n) is 7.77. The second kappa shape index (κ2) is 7.49. The molecule has 3 aromatic rings. The van der Waals surface area contributed by atoms with Crippen molar-refractivity contribution >= 4 is 28.5 Å². The van der Waals surface area contributed by atoms with Crippen molar-refractivity contribution in [2.24, 2.45) is 0 Å². The van der Waals surface area contributed by atoms with Crippen LogP contribution in [0.15, 0.2) is 46.9 Å². The third kappa shape index (κ3) is 3.72. The number of hydrogen-bond acceptors (Lipinski definition) is 5. The lowest BCUT2D eigenvalue weighted by Gasteiger charge is -2.06. The van der Waals surface area contributed by atoms with Crippen molar-refractivity contribution < 1.29 is 23.4 Å². The number of esters is 1. The van der Waals surface area contributed by atoms with E-state index in [1.165, 1.54) is 0 Å². The topological polar surface area (TPSA) is 57.9 Å².